The van der Waals surface area contributed by atoms with Crippen molar-refractivity contribution in [2.45, 2.75) is 13.5 Å². The second kappa shape index (κ2) is 5.54. The van der Waals surface area contributed by atoms with Crippen molar-refractivity contribution in [2.75, 3.05) is 0 Å². The summed E-state index contributed by atoms with van der Waals surface area (Å²) in [6.45, 7) is 2.71. The summed E-state index contributed by atoms with van der Waals surface area (Å²) in [5.41, 5.74) is 3.37. The standard InChI is InChI=1S/C15H13BrN4/c1-11-6-2-3-7-12(11)10-20-18-15(17-19-20)13-8-4-5-9-14(13)16/h2-9H,10H2,1H3. The maximum absolute atomic E-state index is 4.44. The zero-order valence-electron chi connectivity index (χ0n) is 11.0. The number of hydrogen-bond acceptors (Lipinski definition) is 3. The van der Waals surface area contributed by atoms with Gasteiger partial charge in [0.05, 0.1) is 6.54 Å². The van der Waals surface area contributed by atoms with Crippen molar-refractivity contribution in [1.29, 1.82) is 0 Å². The maximum atomic E-state index is 4.44. The molecule has 0 bridgehead atoms. The minimum absolute atomic E-state index is 0.629. The third-order valence-corrected chi connectivity index (χ3v) is 3.83. The summed E-state index contributed by atoms with van der Waals surface area (Å²) in [5.74, 6) is 0.631. The normalized spacial score (nSPS) is 10.7. The summed E-state index contributed by atoms with van der Waals surface area (Å²) in [6.07, 6.45) is 0. The average molecular weight is 329 g/mol. The highest BCUT2D eigenvalue weighted by Crippen LogP contribution is 2.24. The molecule has 0 aliphatic carbocycles. The van der Waals surface area contributed by atoms with Crippen LogP contribution in [0.25, 0.3) is 11.4 Å². The summed E-state index contributed by atoms with van der Waals surface area (Å²) in [6, 6.07) is 16.1. The van der Waals surface area contributed by atoms with Crippen molar-refractivity contribution in [3.63, 3.8) is 0 Å². The van der Waals surface area contributed by atoms with E-state index in [0.29, 0.717) is 12.4 Å². The summed E-state index contributed by atoms with van der Waals surface area (Å²) in [4.78, 5) is 1.62. The first kappa shape index (κ1) is 13.0. The average Bonchev–Trinajstić information content (AvgIpc) is 2.90. The van der Waals surface area contributed by atoms with Gasteiger partial charge in [0.1, 0.15) is 0 Å². The van der Waals surface area contributed by atoms with E-state index < -0.39 is 0 Å². The lowest BCUT2D eigenvalue weighted by Gasteiger charge is -2.03. The van der Waals surface area contributed by atoms with Gasteiger partial charge in [-0.15, -0.1) is 10.2 Å². The molecule has 0 unspecified atom stereocenters. The largest absolute Gasteiger partial charge is 0.206 e. The number of aromatic nitrogens is 4. The minimum atomic E-state index is 0.629. The molecule has 2 aromatic carbocycles. The van der Waals surface area contributed by atoms with E-state index in [1.54, 1.807) is 4.80 Å². The van der Waals surface area contributed by atoms with Crippen molar-refractivity contribution < 1.29 is 0 Å². The van der Waals surface area contributed by atoms with Crippen molar-refractivity contribution in [1.82, 2.24) is 20.2 Å². The minimum Gasteiger partial charge on any atom is -0.159 e. The summed E-state index contributed by atoms with van der Waals surface area (Å²) < 4.78 is 0.968. The van der Waals surface area contributed by atoms with Crippen LogP contribution in [0.2, 0.25) is 0 Å². The summed E-state index contributed by atoms with van der Waals surface area (Å²) in [7, 11) is 0. The molecule has 5 heteroatoms. The Bertz CT molecular complexity index is 736. The highest BCUT2D eigenvalue weighted by atomic mass is 79.9. The number of nitrogens with zero attached hydrogens (tertiary/aromatic N) is 4. The van der Waals surface area contributed by atoms with Gasteiger partial charge < -0.3 is 0 Å². The summed E-state index contributed by atoms with van der Waals surface area (Å²) in [5, 5.41) is 12.7. The zero-order chi connectivity index (χ0) is 13.9. The van der Waals surface area contributed by atoms with E-state index >= 15 is 0 Å². The predicted molar refractivity (Wildman–Crippen MR) is 81.2 cm³/mol. The fourth-order valence-corrected chi connectivity index (χ4v) is 2.46. The molecule has 0 spiro atoms. The number of halogens is 1. The number of benzene rings is 2. The smallest absolute Gasteiger partial charge is 0.159 e. The monoisotopic (exact) mass is 328 g/mol. The molecule has 3 rings (SSSR count). The van der Waals surface area contributed by atoms with Crippen LogP contribution in [-0.2, 0) is 6.54 Å². The van der Waals surface area contributed by atoms with Gasteiger partial charge in [0.2, 0.25) is 5.82 Å². The highest BCUT2D eigenvalue weighted by molar-refractivity contribution is 9.10. The molecule has 4 nitrogen and oxygen atoms in total. The number of aryl methyl sites for hydroxylation is 1. The van der Waals surface area contributed by atoms with E-state index in [1.807, 2.05) is 36.4 Å². The Hall–Kier alpha value is -2.01. The Kier molecular flexibility index (Phi) is 3.60. The first-order chi connectivity index (χ1) is 9.74. The van der Waals surface area contributed by atoms with Crippen molar-refractivity contribution >= 4 is 15.9 Å². The molecular weight excluding hydrogens is 316 g/mol. The van der Waals surface area contributed by atoms with E-state index in [2.05, 4.69) is 50.4 Å². The van der Waals surface area contributed by atoms with E-state index in [9.17, 15) is 0 Å². The molecular formula is C15H13BrN4. The zero-order valence-corrected chi connectivity index (χ0v) is 12.6. The Morgan fingerprint density at radius 3 is 2.60 bits per heavy atom. The molecule has 1 heterocycles. The Morgan fingerprint density at radius 2 is 1.80 bits per heavy atom. The second-order valence-corrected chi connectivity index (χ2v) is 5.40. The van der Waals surface area contributed by atoms with Crippen LogP contribution >= 0.6 is 15.9 Å². The fraction of sp³-hybridized carbons (Fsp3) is 0.133. The second-order valence-electron chi connectivity index (χ2n) is 4.55. The Morgan fingerprint density at radius 1 is 1.05 bits per heavy atom. The van der Waals surface area contributed by atoms with Gasteiger partial charge in [0.25, 0.3) is 0 Å². The van der Waals surface area contributed by atoms with Crippen LogP contribution in [0, 0.1) is 6.92 Å². The molecule has 0 aliphatic rings. The molecule has 1 aromatic heterocycles. The van der Waals surface area contributed by atoms with Crippen LogP contribution in [0.5, 0.6) is 0 Å². The molecule has 0 saturated heterocycles. The molecule has 100 valence electrons. The molecule has 0 saturated carbocycles. The molecule has 0 radical (unpaired) electrons. The molecule has 0 atom stereocenters. The number of rotatable bonds is 3. The van der Waals surface area contributed by atoms with E-state index in [4.69, 9.17) is 0 Å². The molecule has 0 fully saturated rings. The molecule has 20 heavy (non-hydrogen) atoms. The van der Waals surface area contributed by atoms with Gasteiger partial charge in [-0.3, -0.25) is 0 Å². The van der Waals surface area contributed by atoms with E-state index in [1.165, 1.54) is 11.1 Å². The van der Waals surface area contributed by atoms with Crippen LogP contribution in [0.15, 0.2) is 53.0 Å². The van der Waals surface area contributed by atoms with Gasteiger partial charge in [-0.25, -0.2) is 0 Å². The van der Waals surface area contributed by atoms with Crippen LogP contribution in [0.4, 0.5) is 0 Å². The molecule has 3 aromatic rings. The first-order valence-electron chi connectivity index (χ1n) is 6.31. The maximum Gasteiger partial charge on any atom is 0.206 e. The van der Waals surface area contributed by atoms with Crippen molar-refractivity contribution in [3.8, 4) is 11.4 Å². The van der Waals surface area contributed by atoms with E-state index in [0.717, 1.165) is 10.0 Å². The quantitative estimate of drug-likeness (QED) is 0.739. The van der Waals surface area contributed by atoms with Crippen LogP contribution in [0.1, 0.15) is 11.1 Å². The lowest BCUT2D eigenvalue weighted by Crippen LogP contribution is -2.05. The molecule has 0 aliphatic heterocycles. The SMILES string of the molecule is Cc1ccccc1Cn1nnc(-c2ccccc2Br)n1. The number of tetrazole rings is 1. The number of hydrogen-bond donors (Lipinski definition) is 0. The fourth-order valence-electron chi connectivity index (χ4n) is 2.00. The lowest BCUT2D eigenvalue weighted by molar-refractivity contribution is 0.571. The van der Waals surface area contributed by atoms with Crippen LogP contribution in [-0.4, -0.2) is 20.2 Å². The molecule has 0 N–H and O–H groups in total. The highest BCUT2D eigenvalue weighted by Gasteiger charge is 2.09. The van der Waals surface area contributed by atoms with Gasteiger partial charge >= 0.3 is 0 Å². The first-order valence-corrected chi connectivity index (χ1v) is 7.10. The van der Waals surface area contributed by atoms with Crippen molar-refractivity contribution in [3.05, 3.63) is 64.1 Å². The van der Waals surface area contributed by atoms with Gasteiger partial charge in [-0.05, 0) is 35.4 Å². The summed E-state index contributed by atoms with van der Waals surface area (Å²) >= 11 is 3.50. The lowest BCUT2D eigenvalue weighted by atomic mass is 10.1. The van der Waals surface area contributed by atoms with Gasteiger partial charge in [0.15, 0.2) is 0 Å². The topological polar surface area (TPSA) is 43.6 Å². The van der Waals surface area contributed by atoms with Gasteiger partial charge in [0, 0.05) is 10.0 Å². The van der Waals surface area contributed by atoms with Crippen LogP contribution < -0.4 is 0 Å². The van der Waals surface area contributed by atoms with Crippen molar-refractivity contribution in [2.24, 2.45) is 0 Å². The van der Waals surface area contributed by atoms with Gasteiger partial charge in [-0.1, -0.05) is 52.3 Å². The Labute approximate surface area is 125 Å². The van der Waals surface area contributed by atoms with Crippen LogP contribution in [0.3, 0.4) is 0 Å². The third-order valence-electron chi connectivity index (χ3n) is 3.14. The third kappa shape index (κ3) is 2.63. The van der Waals surface area contributed by atoms with E-state index in [-0.39, 0.29) is 0 Å². The Balaban J connectivity index is 1.88. The van der Waals surface area contributed by atoms with Gasteiger partial charge in [-0.2, -0.15) is 4.80 Å². The molecule has 0 amide bonds. The predicted octanol–water partition coefficient (Wildman–Crippen LogP) is 3.46.